The normalized spacial score (nSPS) is 13.5. The third kappa shape index (κ3) is 65.6. The van der Waals surface area contributed by atoms with E-state index in [1.54, 1.807) is 6.08 Å². The number of aliphatic hydroxyl groups excluding tert-OH is 2. The van der Waals surface area contributed by atoms with Gasteiger partial charge in [0, 0.05) is 6.42 Å². The molecule has 4 nitrogen and oxygen atoms in total. The van der Waals surface area contributed by atoms with Crippen LogP contribution in [-0.2, 0) is 4.79 Å². The molecule has 2 atom stereocenters. The second-order valence-electron chi connectivity index (χ2n) is 23.2. The van der Waals surface area contributed by atoms with E-state index in [1.165, 1.54) is 231 Å². The average Bonchev–Trinajstić information content (AvgIpc) is 3.46. The van der Waals surface area contributed by atoms with E-state index in [-0.39, 0.29) is 12.5 Å². The van der Waals surface area contributed by atoms with Crippen molar-refractivity contribution in [3.63, 3.8) is 0 Å². The van der Waals surface area contributed by atoms with E-state index in [4.69, 9.17) is 0 Å². The lowest BCUT2D eigenvalue weighted by molar-refractivity contribution is -0.123. The SMILES string of the molecule is CC/C=C\C/C=C\C/C=C\C/C=C\C/C=C\C/C=C\C/C=C\CCCCCCCCCCCCCCCC(=O)NC(CO)C(O)/C=C/CC/C=C/CC/C=C/CCCCCCCCCCCCCCCCCCCCCCCCC. The Bertz CT molecular complexity index is 1540. The summed E-state index contributed by atoms with van der Waals surface area (Å²) >= 11 is 0. The van der Waals surface area contributed by atoms with E-state index in [2.05, 4.69) is 129 Å². The van der Waals surface area contributed by atoms with E-state index in [1.807, 2.05) is 6.08 Å². The van der Waals surface area contributed by atoms with Crippen LogP contribution in [0.4, 0.5) is 0 Å². The van der Waals surface area contributed by atoms with Gasteiger partial charge in [-0.05, 0) is 103 Å². The molecule has 0 bridgehead atoms. The molecular formula is C76H133NO3. The van der Waals surface area contributed by atoms with Gasteiger partial charge in [-0.1, -0.05) is 347 Å². The smallest absolute Gasteiger partial charge is 0.220 e. The van der Waals surface area contributed by atoms with Crippen molar-refractivity contribution in [3.05, 3.63) is 122 Å². The molecular weight excluding hydrogens is 975 g/mol. The molecule has 1 amide bonds. The lowest BCUT2D eigenvalue weighted by atomic mass is 10.0. The van der Waals surface area contributed by atoms with Gasteiger partial charge in [0.05, 0.1) is 18.8 Å². The average molecular weight is 1110 g/mol. The number of aliphatic hydroxyl groups is 2. The summed E-state index contributed by atoms with van der Waals surface area (Å²) in [5.41, 5.74) is 0. The molecule has 460 valence electrons. The molecule has 2 unspecified atom stereocenters. The van der Waals surface area contributed by atoms with E-state index >= 15 is 0 Å². The van der Waals surface area contributed by atoms with Crippen molar-refractivity contribution in [3.8, 4) is 0 Å². The summed E-state index contributed by atoms with van der Waals surface area (Å²) in [6.07, 6.45) is 107. The molecule has 0 spiro atoms. The lowest BCUT2D eigenvalue weighted by Gasteiger charge is -2.19. The number of amides is 1. The first-order chi connectivity index (χ1) is 39.7. The molecule has 0 saturated heterocycles. The van der Waals surface area contributed by atoms with Gasteiger partial charge in [-0.25, -0.2) is 0 Å². The molecule has 0 aliphatic rings. The predicted molar refractivity (Wildman–Crippen MR) is 359 cm³/mol. The lowest BCUT2D eigenvalue weighted by Crippen LogP contribution is -2.45. The first kappa shape index (κ1) is 76.8. The third-order valence-electron chi connectivity index (χ3n) is 15.4. The summed E-state index contributed by atoms with van der Waals surface area (Å²) in [7, 11) is 0. The highest BCUT2D eigenvalue weighted by Crippen LogP contribution is 2.17. The van der Waals surface area contributed by atoms with Crippen LogP contribution in [0.25, 0.3) is 0 Å². The molecule has 0 aliphatic heterocycles. The fraction of sp³-hybridized carbons (Fsp3) is 0.724. The van der Waals surface area contributed by atoms with Crippen molar-refractivity contribution in [2.24, 2.45) is 0 Å². The topological polar surface area (TPSA) is 69.6 Å². The highest BCUT2D eigenvalue weighted by atomic mass is 16.3. The standard InChI is InChI=1S/C76H133NO3/c1-3-5-7-9-11-13-15-17-19-21-23-25-27-29-31-33-35-37-38-40-42-44-46-48-50-52-54-56-58-60-62-64-66-68-70-72-76(80)77-74(73-78)75(79)71-69-67-65-63-61-59-57-55-53-51-49-47-45-43-41-39-36-34-32-30-28-26-24-22-20-18-16-14-12-10-8-6-4-2/h5,7,11,13,17,19,23,25,29,31,35,37,40,42,53,55,61,63,69,71,74-75,78-79H,3-4,6,8-10,12,14-16,18,20-22,24,26-28,30,32-34,36,38-39,41,43-52,54,56-60,62,64-68,70,72-73H2,1-2H3,(H,77,80)/b7-5-,13-11-,19-17-,25-23-,31-29-,37-35-,42-40-,55-53+,63-61+,71-69+. The number of unbranched alkanes of at least 4 members (excludes halogenated alkanes) is 38. The molecule has 3 N–H and O–H groups in total. The second kappa shape index (κ2) is 70.1. The maximum atomic E-state index is 12.5. The van der Waals surface area contributed by atoms with Crippen LogP contribution >= 0.6 is 0 Å². The molecule has 0 radical (unpaired) electrons. The largest absolute Gasteiger partial charge is 0.394 e. The van der Waals surface area contributed by atoms with Crippen molar-refractivity contribution >= 4 is 5.91 Å². The predicted octanol–water partition coefficient (Wildman–Crippen LogP) is 23.9. The fourth-order valence-corrected chi connectivity index (χ4v) is 10.2. The molecule has 0 aromatic heterocycles. The molecule has 0 aliphatic carbocycles. The minimum Gasteiger partial charge on any atom is -0.394 e. The van der Waals surface area contributed by atoms with Gasteiger partial charge in [0.25, 0.3) is 0 Å². The Kier molecular flexibility index (Phi) is 67.2. The minimum absolute atomic E-state index is 0.0806. The van der Waals surface area contributed by atoms with Crippen LogP contribution in [0, 0.1) is 0 Å². The highest BCUT2D eigenvalue weighted by molar-refractivity contribution is 5.76. The van der Waals surface area contributed by atoms with Gasteiger partial charge in [-0.2, -0.15) is 0 Å². The Hall–Kier alpha value is -3.21. The van der Waals surface area contributed by atoms with Crippen LogP contribution < -0.4 is 5.32 Å². The van der Waals surface area contributed by atoms with Crippen LogP contribution in [0.2, 0.25) is 0 Å². The summed E-state index contributed by atoms with van der Waals surface area (Å²) in [5.74, 6) is -0.0806. The van der Waals surface area contributed by atoms with Gasteiger partial charge in [-0.3, -0.25) is 4.79 Å². The Morgan fingerprint density at radius 2 is 0.562 bits per heavy atom. The second-order valence-corrected chi connectivity index (χ2v) is 23.2. The third-order valence-corrected chi connectivity index (χ3v) is 15.4. The van der Waals surface area contributed by atoms with E-state index in [9.17, 15) is 15.0 Å². The molecule has 4 heteroatoms. The molecule has 0 aromatic rings. The summed E-state index contributed by atoms with van der Waals surface area (Å²) in [4.78, 5) is 12.5. The monoisotopic (exact) mass is 1110 g/mol. The first-order valence-electron chi connectivity index (χ1n) is 34.7. The molecule has 0 fully saturated rings. The fourth-order valence-electron chi connectivity index (χ4n) is 10.2. The Labute approximate surface area is 499 Å². The molecule has 0 rings (SSSR count). The van der Waals surface area contributed by atoms with Crippen LogP contribution in [0.1, 0.15) is 335 Å². The van der Waals surface area contributed by atoms with Gasteiger partial charge >= 0.3 is 0 Å². The van der Waals surface area contributed by atoms with Gasteiger partial charge in [0.15, 0.2) is 0 Å². The zero-order valence-electron chi connectivity index (χ0n) is 53.1. The maximum Gasteiger partial charge on any atom is 0.220 e. The van der Waals surface area contributed by atoms with Crippen LogP contribution in [0.5, 0.6) is 0 Å². The van der Waals surface area contributed by atoms with Gasteiger partial charge < -0.3 is 15.5 Å². The summed E-state index contributed by atoms with van der Waals surface area (Å²) in [5, 5.41) is 23.3. The quantitative estimate of drug-likeness (QED) is 0.0420. The molecule has 0 saturated carbocycles. The van der Waals surface area contributed by atoms with Gasteiger partial charge in [0.1, 0.15) is 0 Å². The zero-order valence-corrected chi connectivity index (χ0v) is 53.1. The number of hydrogen-bond acceptors (Lipinski definition) is 3. The van der Waals surface area contributed by atoms with E-state index in [0.29, 0.717) is 6.42 Å². The number of carbonyl (C=O) groups excluding carboxylic acids is 1. The minimum atomic E-state index is -0.880. The van der Waals surface area contributed by atoms with Crippen LogP contribution in [0.3, 0.4) is 0 Å². The Morgan fingerprint density at radius 3 is 0.875 bits per heavy atom. The van der Waals surface area contributed by atoms with Crippen molar-refractivity contribution < 1.29 is 15.0 Å². The van der Waals surface area contributed by atoms with E-state index < -0.39 is 12.1 Å². The van der Waals surface area contributed by atoms with Crippen molar-refractivity contribution in [1.29, 1.82) is 0 Å². The first-order valence-corrected chi connectivity index (χ1v) is 34.7. The number of rotatable bonds is 63. The maximum absolute atomic E-state index is 12.5. The van der Waals surface area contributed by atoms with Gasteiger partial charge in [0.2, 0.25) is 5.91 Å². The summed E-state index contributed by atoms with van der Waals surface area (Å²) in [6.45, 7) is 4.20. The van der Waals surface area contributed by atoms with Crippen molar-refractivity contribution in [1.82, 2.24) is 5.32 Å². The Morgan fingerprint density at radius 1 is 0.312 bits per heavy atom. The number of nitrogens with one attached hydrogen (secondary N) is 1. The van der Waals surface area contributed by atoms with Crippen molar-refractivity contribution in [2.75, 3.05) is 6.61 Å². The van der Waals surface area contributed by atoms with E-state index in [0.717, 1.165) is 83.5 Å². The summed E-state index contributed by atoms with van der Waals surface area (Å²) in [6, 6.07) is -0.656. The summed E-state index contributed by atoms with van der Waals surface area (Å²) < 4.78 is 0. The highest BCUT2D eigenvalue weighted by Gasteiger charge is 2.18. The van der Waals surface area contributed by atoms with Crippen molar-refractivity contribution in [2.45, 2.75) is 347 Å². The Balaban J connectivity index is 3.55. The van der Waals surface area contributed by atoms with Gasteiger partial charge in [-0.15, -0.1) is 0 Å². The van der Waals surface area contributed by atoms with Crippen LogP contribution in [0.15, 0.2) is 122 Å². The molecule has 80 heavy (non-hydrogen) atoms. The van der Waals surface area contributed by atoms with Crippen LogP contribution in [-0.4, -0.2) is 34.9 Å². The number of allylic oxidation sites excluding steroid dienone is 19. The number of carbonyl (C=O) groups is 1. The molecule has 0 aromatic carbocycles. The zero-order chi connectivity index (χ0) is 57.6. The molecule has 0 heterocycles. The number of hydrogen-bond donors (Lipinski definition) is 3.